The lowest BCUT2D eigenvalue weighted by Gasteiger charge is -2.23. The Bertz CT molecular complexity index is 122. The number of nitrogens with zero attached hydrogens (tertiary/aromatic N) is 2. The highest BCUT2D eigenvalue weighted by atomic mass is 15.2. The molecule has 1 saturated heterocycles. The second-order valence-electron chi connectivity index (χ2n) is 2.48. The van der Waals surface area contributed by atoms with Crippen LogP contribution in [0.15, 0.2) is 0 Å². The molecule has 0 N–H and O–H groups in total. The Kier molecular flexibility index (Phi) is 1.24. The summed E-state index contributed by atoms with van der Waals surface area (Å²) in [6.07, 6.45) is 1.25. The maximum Gasteiger partial charge on any atom is 0.250 e. The fourth-order valence-corrected chi connectivity index (χ4v) is 1.00. The summed E-state index contributed by atoms with van der Waals surface area (Å²) in [6.45, 7) is 1.23. The zero-order chi connectivity index (χ0) is 6.15. The van der Waals surface area contributed by atoms with Crippen LogP contribution in [0.25, 0.3) is 0 Å². The molecule has 0 unspecified atom stereocenters. The Morgan fingerprint density at radius 1 is 1.50 bits per heavy atom. The van der Waals surface area contributed by atoms with Gasteiger partial charge in [0.25, 0.3) is 0 Å². The third kappa shape index (κ3) is 0.703. The Balaban J connectivity index is 2.60. The molecule has 0 aromatic heterocycles. The first-order chi connectivity index (χ1) is 3.72. The molecule has 0 aromatic rings. The van der Waals surface area contributed by atoms with Gasteiger partial charge in [0.15, 0.2) is 0 Å². The molecule has 2 heteroatoms. The first-order valence-electron chi connectivity index (χ1n) is 2.96. The molecule has 0 aliphatic carbocycles. The van der Waals surface area contributed by atoms with Crippen molar-refractivity contribution in [2.24, 2.45) is 0 Å². The van der Waals surface area contributed by atoms with Crippen molar-refractivity contribution in [3.8, 4) is 0 Å². The van der Waals surface area contributed by atoms with E-state index < -0.39 is 0 Å². The van der Waals surface area contributed by atoms with E-state index in [9.17, 15) is 0 Å². The van der Waals surface area contributed by atoms with E-state index in [1.54, 1.807) is 0 Å². The topological polar surface area (TPSA) is 6.25 Å². The minimum Gasteiger partial charge on any atom is -0.271 e. The van der Waals surface area contributed by atoms with Crippen LogP contribution in [0.4, 0.5) is 0 Å². The Labute approximate surface area is 50.4 Å². The van der Waals surface area contributed by atoms with E-state index in [1.807, 2.05) is 0 Å². The predicted molar refractivity (Wildman–Crippen MR) is 34.4 cm³/mol. The summed E-state index contributed by atoms with van der Waals surface area (Å²) in [5.41, 5.74) is 0. The van der Waals surface area contributed by atoms with Crippen LogP contribution in [0.2, 0.25) is 0 Å². The highest BCUT2D eigenvalue weighted by Gasteiger charge is 2.25. The van der Waals surface area contributed by atoms with Crippen LogP contribution in [0, 0.1) is 0 Å². The standard InChI is InChI=1S/C6H13N2/c1-7(2)6-4-5-8(6)3/h4-5H2,1-3H3/q+1. The largest absolute Gasteiger partial charge is 0.271 e. The zero-order valence-electron chi connectivity index (χ0n) is 5.81. The van der Waals surface area contributed by atoms with Gasteiger partial charge in [0.2, 0.25) is 5.84 Å². The number of likely N-dealkylation sites (tertiary alicyclic amines) is 1. The molecule has 0 saturated carbocycles. The minimum absolute atomic E-state index is 1.23. The van der Waals surface area contributed by atoms with Crippen LogP contribution in [0.1, 0.15) is 6.42 Å². The van der Waals surface area contributed by atoms with E-state index in [1.165, 1.54) is 18.8 Å². The molecule has 0 radical (unpaired) electrons. The quantitative estimate of drug-likeness (QED) is 0.400. The van der Waals surface area contributed by atoms with Crippen LogP contribution in [-0.4, -0.2) is 43.0 Å². The smallest absolute Gasteiger partial charge is 0.250 e. The van der Waals surface area contributed by atoms with Crippen LogP contribution in [-0.2, 0) is 0 Å². The van der Waals surface area contributed by atoms with Gasteiger partial charge in [0.1, 0.15) is 0 Å². The van der Waals surface area contributed by atoms with Gasteiger partial charge in [-0.25, -0.2) is 0 Å². The molecule has 0 atom stereocenters. The molecular formula is C6H13N2+. The van der Waals surface area contributed by atoms with Crippen LogP contribution >= 0.6 is 0 Å². The van der Waals surface area contributed by atoms with Crippen molar-refractivity contribution in [1.82, 2.24) is 4.90 Å². The molecular weight excluding hydrogens is 100 g/mol. The summed E-state index contributed by atoms with van der Waals surface area (Å²) in [7, 11) is 6.30. The first-order valence-corrected chi connectivity index (χ1v) is 2.96. The monoisotopic (exact) mass is 113 g/mol. The fraction of sp³-hybridized carbons (Fsp3) is 0.833. The maximum absolute atomic E-state index is 2.26. The fourth-order valence-electron chi connectivity index (χ4n) is 1.00. The summed E-state index contributed by atoms with van der Waals surface area (Å²) in [4.78, 5) is 2.26. The number of hydrogen-bond acceptors (Lipinski definition) is 0. The molecule has 8 heavy (non-hydrogen) atoms. The second kappa shape index (κ2) is 1.77. The third-order valence-electron chi connectivity index (χ3n) is 1.63. The Morgan fingerprint density at radius 2 is 2.12 bits per heavy atom. The van der Waals surface area contributed by atoms with Gasteiger partial charge < -0.3 is 0 Å². The van der Waals surface area contributed by atoms with Crippen LogP contribution in [0.3, 0.4) is 0 Å². The summed E-state index contributed by atoms with van der Waals surface area (Å²) < 4.78 is 2.17. The van der Waals surface area contributed by atoms with E-state index >= 15 is 0 Å². The lowest BCUT2D eigenvalue weighted by Crippen LogP contribution is -2.44. The molecule has 46 valence electrons. The molecule has 1 fully saturated rings. The van der Waals surface area contributed by atoms with Crippen molar-refractivity contribution in [2.75, 3.05) is 27.7 Å². The van der Waals surface area contributed by atoms with E-state index in [2.05, 4.69) is 30.6 Å². The van der Waals surface area contributed by atoms with Crippen molar-refractivity contribution in [3.05, 3.63) is 0 Å². The summed E-state index contributed by atoms with van der Waals surface area (Å²) >= 11 is 0. The van der Waals surface area contributed by atoms with Crippen molar-refractivity contribution in [3.63, 3.8) is 0 Å². The average Bonchev–Trinajstić information content (AvgIpc) is 1.61. The molecule has 1 aliphatic heterocycles. The number of hydrogen-bond donors (Lipinski definition) is 0. The maximum atomic E-state index is 2.26. The molecule has 2 nitrogen and oxygen atoms in total. The number of rotatable bonds is 0. The van der Waals surface area contributed by atoms with Gasteiger partial charge in [-0.2, -0.15) is 0 Å². The van der Waals surface area contributed by atoms with Gasteiger partial charge in [-0.3, -0.25) is 9.48 Å². The molecule has 0 spiro atoms. The summed E-state index contributed by atoms with van der Waals surface area (Å²) in [5, 5.41) is 0. The SMILES string of the molecule is CN1CCC1=[N+](C)C. The van der Waals surface area contributed by atoms with Gasteiger partial charge in [-0.1, -0.05) is 0 Å². The second-order valence-corrected chi connectivity index (χ2v) is 2.48. The van der Waals surface area contributed by atoms with E-state index in [4.69, 9.17) is 0 Å². The molecule has 0 aromatic carbocycles. The van der Waals surface area contributed by atoms with Crippen LogP contribution < -0.4 is 0 Å². The van der Waals surface area contributed by atoms with Crippen molar-refractivity contribution >= 4 is 5.84 Å². The van der Waals surface area contributed by atoms with Crippen molar-refractivity contribution in [1.29, 1.82) is 0 Å². The molecule has 0 bridgehead atoms. The summed E-state index contributed by atoms with van der Waals surface area (Å²) in [6, 6.07) is 0. The van der Waals surface area contributed by atoms with E-state index in [0.29, 0.717) is 0 Å². The third-order valence-corrected chi connectivity index (χ3v) is 1.63. The summed E-state index contributed by atoms with van der Waals surface area (Å²) in [5.74, 6) is 1.45. The van der Waals surface area contributed by atoms with E-state index in [0.717, 1.165) is 0 Å². The van der Waals surface area contributed by atoms with Gasteiger partial charge in [0.05, 0.1) is 34.1 Å². The molecule has 1 rings (SSSR count). The highest BCUT2D eigenvalue weighted by molar-refractivity contribution is 5.82. The lowest BCUT2D eigenvalue weighted by atomic mass is 10.2. The zero-order valence-corrected chi connectivity index (χ0v) is 5.81. The molecule has 1 aliphatic rings. The highest BCUT2D eigenvalue weighted by Crippen LogP contribution is 2.04. The Morgan fingerprint density at radius 3 is 2.12 bits per heavy atom. The molecule has 0 amide bonds. The van der Waals surface area contributed by atoms with Gasteiger partial charge >= 0.3 is 0 Å². The molecule has 1 heterocycles. The van der Waals surface area contributed by atoms with Crippen molar-refractivity contribution in [2.45, 2.75) is 6.42 Å². The van der Waals surface area contributed by atoms with Crippen molar-refractivity contribution < 1.29 is 4.58 Å². The van der Waals surface area contributed by atoms with E-state index in [-0.39, 0.29) is 0 Å². The van der Waals surface area contributed by atoms with Gasteiger partial charge in [-0.15, -0.1) is 0 Å². The van der Waals surface area contributed by atoms with Gasteiger partial charge in [0, 0.05) is 0 Å². The minimum atomic E-state index is 1.23. The number of amidine groups is 1. The lowest BCUT2D eigenvalue weighted by molar-refractivity contribution is -0.474. The van der Waals surface area contributed by atoms with Crippen LogP contribution in [0.5, 0.6) is 0 Å². The normalized spacial score (nSPS) is 18.4. The average molecular weight is 113 g/mol. The van der Waals surface area contributed by atoms with Gasteiger partial charge in [-0.05, 0) is 0 Å². The predicted octanol–water partition coefficient (Wildman–Crippen LogP) is -0.00750. The first kappa shape index (κ1) is 5.60. The Hall–Kier alpha value is -0.530.